The summed E-state index contributed by atoms with van der Waals surface area (Å²) in [5.41, 5.74) is 4.57. The predicted molar refractivity (Wildman–Crippen MR) is 124 cm³/mol. The minimum atomic E-state index is -0.0886. The Hall–Kier alpha value is -3.05. The van der Waals surface area contributed by atoms with E-state index in [9.17, 15) is 9.59 Å². The van der Waals surface area contributed by atoms with Crippen molar-refractivity contribution in [2.24, 2.45) is 5.92 Å². The molecule has 0 radical (unpaired) electrons. The molecule has 0 spiro atoms. The molecule has 2 N–H and O–H groups in total. The zero-order chi connectivity index (χ0) is 21.5. The van der Waals surface area contributed by atoms with E-state index >= 15 is 0 Å². The highest BCUT2D eigenvalue weighted by atomic mass is 16.2. The molecule has 160 valence electrons. The van der Waals surface area contributed by atoms with Crippen molar-refractivity contribution in [1.29, 1.82) is 0 Å². The Morgan fingerprint density at radius 2 is 2.03 bits per heavy atom. The van der Waals surface area contributed by atoms with Gasteiger partial charge in [-0.1, -0.05) is 36.4 Å². The molecule has 1 aliphatic heterocycles. The van der Waals surface area contributed by atoms with Gasteiger partial charge in [-0.05, 0) is 72.9 Å². The second-order valence-electron chi connectivity index (χ2n) is 8.34. The monoisotopic (exact) mass is 415 g/mol. The molecule has 2 aromatic rings. The van der Waals surface area contributed by atoms with Gasteiger partial charge in [-0.25, -0.2) is 4.98 Å². The zero-order valence-electron chi connectivity index (χ0n) is 17.8. The SMILES string of the molecule is O=C(C=Cc1cnc2c(c1)CNCC(=O)N2)CCC1CCC=C(c2ccccc2)CC1. The van der Waals surface area contributed by atoms with E-state index in [1.165, 1.54) is 11.1 Å². The van der Waals surface area contributed by atoms with Gasteiger partial charge < -0.3 is 10.6 Å². The Kier molecular flexibility index (Phi) is 7.05. The maximum Gasteiger partial charge on any atom is 0.239 e. The van der Waals surface area contributed by atoms with Crippen LogP contribution < -0.4 is 10.6 Å². The van der Waals surface area contributed by atoms with Crippen LogP contribution >= 0.6 is 0 Å². The first-order valence-electron chi connectivity index (χ1n) is 11.1. The smallest absolute Gasteiger partial charge is 0.239 e. The third kappa shape index (κ3) is 5.98. The van der Waals surface area contributed by atoms with Crippen molar-refractivity contribution >= 4 is 29.2 Å². The maximum absolute atomic E-state index is 12.4. The molecule has 0 saturated carbocycles. The minimum Gasteiger partial charge on any atom is -0.309 e. The second-order valence-corrected chi connectivity index (χ2v) is 8.34. The van der Waals surface area contributed by atoms with Gasteiger partial charge in [-0.15, -0.1) is 0 Å². The normalized spacial score (nSPS) is 19.2. The number of amides is 1. The molecule has 4 rings (SSSR count). The number of nitrogens with zero attached hydrogens (tertiary/aromatic N) is 1. The van der Waals surface area contributed by atoms with Crippen LogP contribution in [0.1, 0.15) is 55.2 Å². The first kappa shape index (κ1) is 21.2. The molecule has 5 nitrogen and oxygen atoms in total. The summed E-state index contributed by atoms with van der Waals surface area (Å²) in [7, 11) is 0. The number of pyridine rings is 1. The number of benzene rings is 1. The minimum absolute atomic E-state index is 0.0886. The van der Waals surface area contributed by atoms with Crippen LogP contribution in [-0.4, -0.2) is 23.2 Å². The van der Waals surface area contributed by atoms with E-state index in [1.807, 2.05) is 12.1 Å². The van der Waals surface area contributed by atoms with Crippen molar-refractivity contribution in [3.8, 4) is 0 Å². The number of hydrogen-bond donors (Lipinski definition) is 2. The molecular formula is C26H29N3O2. The van der Waals surface area contributed by atoms with E-state index in [0.717, 1.165) is 43.2 Å². The van der Waals surface area contributed by atoms with Crippen LogP contribution in [0, 0.1) is 5.92 Å². The summed E-state index contributed by atoms with van der Waals surface area (Å²) >= 11 is 0. The summed E-state index contributed by atoms with van der Waals surface area (Å²) in [4.78, 5) is 28.3. The molecule has 0 bridgehead atoms. The van der Waals surface area contributed by atoms with Gasteiger partial charge in [-0.2, -0.15) is 0 Å². The molecular weight excluding hydrogens is 386 g/mol. The van der Waals surface area contributed by atoms with Crippen molar-refractivity contribution in [1.82, 2.24) is 10.3 Å². The molecule has 1 aromatic heterocycles. The van der Waals surface area contributed by atoms with Crippen LogP contribution in [0.2, 0.25) is 0 Å². The quantitative estimate of drug-likeness (QED) is 0.668. The maximum atomic E-state index is 12.4. The summed E-state index contributed by atoms with van der Waals surface area (Å²) in [6, 6.07) is 12.6. The molecule has 1 atom stereocenters. The highest BCUT2D eigenvalue weighted by molar-refractivity contribution is 5.94. The number of hydrogen-bond acceptors (Lipinski definition) is 4. The van der Waals surface area contributed by atoms with Gasteiger partial charge in [0, 0.05) is 24.7 Å². The third-order valence-electron chi connectivity index (χ3n) is 6.04. The average molecular weight is 416 g/mol. The number of aromatic nitrogens is 1. The largest absolute Gasteiger partial charge is 0.309 e. The van der Waals surface area contributed by atoms with E-state index in [1.54, 1.807) is 12.3 Å². The van der Waals surface area contributed by atoms with Crippen LogP contribution in [0.3, 0.4) is 0 Å². The number of fused-ring (bicyclic) bond motifs is 1. The molecule has 0 fully saturated rings. The number of anilines is 1. The summed E-state index contributed by atoms with van der Waals surface area (Å²) in [6.45, 7) is 0.862. The number of rotatable bonds is 6. The number of ketones is 1. The van der Waals surface area contributed by atoms with Crippen LogP contribution in [0.25, 0.3) is 11.6 Å². The van der Waals surface area contributed by atoms with Gasteiger partial charge in [0.2, 0.25) is 5.91 Å². The van der Waals surface area contributed by atoms with Gasteiger partial charge in [0.05, 0.1) is 6.54 Å². The first-order valence-corrected chi connectivity index (χ1v) is 11.1. The number of carbonyl (C=O) groups excluding carboxylic acids is 2. The van der Waals surface area contributed by atoms with Crippen LogP contribution in [-0.2, 0) is 16.1 Å². The molecule has 2 aliphatic rings. The van der Waals surface area contributed by atoms with Crippen LogP contribution in [0.15, 0.2) is 54.7 Å². The number of allylic oxidation sites excluding steroid dienone is 3. The Labute approximate surface area is 183 Å². The fourth-order valence-electron chi connectivity index (χ4n) is 4.28. The predicted octanol–water partition coefficient (Wildman–Crippen LogP) is 4.76. The topological polar surface area (TPSA) is 71.1 Å². The van der Waals surface area contributed by atoms with Crippen molar-refractivity contribution in [3.63, 3.8) is 0 Å². The molecule has 1 aliphatic carbocycles. The third-order valence-corrected chi connectivity index (χ3v) is 6.04. The summed E-state index contributed by atoms with van der Waals surface area (Å²) in [5.74, 6) is 1.25. The van der Waals surface area contributed by atoms with Crippen LogP contribution in [0.4, 0.5) is 5.82 Å². The van der Waals surface area contributed by atoms with Crippen molar-refractivity contribution in [2.45, 2.75) is 45.1 Å². The molecule has 0 saturated heterocycles. The van der Waals surface area contributed by atoms with Crippen molar-refractivity contribution in [2.75, 3.05) is 11.9 Å². The van der Waals surface area contributed by atoms with Gasteiger partial charge in [0.1, 0.15) is 5.82 Å². The highest BCUT2D eigenvalue weighted by Crippen LogP contribution is 2.31. The summed E-state index contributed by atoms with van der Waals surface area (Å²) in [5, 5.41) is 5.86. The molecule has 5 heteroatoms. The van der Waals surface area contributed by atoms with Crippen molar-refractivity contribution < 1.29 is 9.59 Å². The van der Waals surface area contributed by atoms with E-state index < -0.39 is 0 Å². The zero-order valence-corrected chi connectivity index (χ0v) is 17.8. The summed E-state index contributed by atoms with van der Waals surface area (Å²) in [6.07, 6.45) is 13.5. The highest BCUT2D eigenvalue weighted by Gasteiger charge is 2.16. The van der Waals surface area contributed by atoms with E-state index in [-0.39, 0.29) is 18.2 Å². The molecule has 2 heterocycles. The number of carbonyl (C=O) groups is 2. The van der Waals surface area contributed by atoms with Crippen molar-refractivity contribution in [3.05, 3.63) is 71.4 Å². The van der Waals surface area contributed by atoms with Gasteiger partial charge in [0.25, 0.3) is 0 Å². The average Bonchev–Trinajstić information content (AvgIpc) is 3.14. The molecule has 31 heavy (non-hydrogen) atoms. The van der Waals surface area contributed by atoms with Gasteiger partial charge in [0.15, 0.2) is 5.78 Å². The lowest BCUT2D eigenvalue weighted by molar-refractivity contribution is -0.115. The number of nitrogens with one attached hydrogen (secondary N) is 2. The Morgan fingerprint density at radius 1 is 1.16 bits per heavy atom. The van der Waals surface area contributed by atoms with E-state index in [0.29, 0.717) is 24.7 Å². The lowest BCUT2D eigenvalue weighted by atomic mass is 9.92. The van der Waals surface area contributed by atoms with Gasteiger partial charge >= 0.3 is 0 Å². The summed E-state index contributed by atoms with van der Waals surface area (Å²) < 4.78 is 0. The molecule has 1 unspecified atom stereocenters. The Bertz CT molecular complexity index is 995. The van der Waals surface area contributed by atoms with E-state index in [2.05, 4.69) is 52.0 Å². The second kappa shape index (κ2) is 10.3. The molecule has 1 amide bonds. The lowest BCUT2D eigenvalue weighted by Crippen LogP contribution is -2.23. The Balaban J connectivity index is 1.26. The fraction of sp³-hybridized carbons (Fsp3) is 0.346. The Morgan fingerprint density at radius 3 is 2.90 bits per heavy atom. The van der Waals surface area contributed by atoms with Gasteiger partial charge in [-0.3, -0.25) is 9.59 Å². The lowest BCUT2D eigenvalue weighted by Gasteiger charge is -2.13. The van der Waals surface area contributed by atoms with E-state index in [4.69, 9.17) is 0 Å². The first-order chi connectivity index (χ1) is 15.2. The fourth-order valence-corrected chi connectivity index (χ4v) is 4.28. The molecule has 1 aromatic carbocycles. The standard InChI is InChI=1S/C26H29N3O2/c30-24(14-11-20-15-23-17-27-18-25(31)29-26(23)28-16-20)13-10-19-5-4-8-22(12-9-19)21-6-2-1-3-7-21/h1-3,6-8,11,14-16,19,27H,4-5,9-10,12-13,17-18H2,(H,28,29,31). The van der Waals surface area contributed by atoms with Crippen LogP contribution in [0.5, 0.6) is 0 Å².